The summed E-state index contributed by atoms with van der Waals surface area (Å²) in [6, 6.07) is -0.419. The number of hydrogen-bond donors (Lipinski definition) is 3. The van der Waals surface area contributed by atoms with Gasteiger partial charge in [0, 0.05) is 0 Å². The molecule has 2 rings (SSSR count). The Labute approximate surface area is 101 Å². The van der Waals surface area contributed by atoms with Crippen molar-refractivity contribution >= 4 is 28.4 Å². The Hall–Kier alpha value is -1.74. The average Bonchev–Trinajstić information content (AvgIpc) is 2.78. The van der Waals surface area contributed by atoms with E-state index in [1.54, 1.807) is 13.8 Å². The Bertz CT molecular complexity index is 470. The molecule has 8 nitrogen and oxygen atoms in total. The van der Waals surface area contributed by atoms with Crippen molar-refractivity contribution < 1.29 is 9.59 Å². The van der Waals surface area contributed by atoms with Crippen LogP contribution in [0.5, 0.6) is 0 Å². The van der Waals surface area contributed by atoms with Gasteiger partial charge in [0.15, 0.2) is 0 Å². The van der Waals surface area contributed by atoms with E-state index in [1.165, 1.54) is 11.3 Å². The molecule has 17 heavy (non-hydrogen) atoms. The molecule has 0 spiro atoms. The van der Waals surface area contributed by atoms with Crippen LogP contribution in [0.1, 0.15) is 18.9 Å². The first kappa shape index (κ1) is 11.7. The Balaban J connectivity index is 2.14. The molecule has 0 saturated carbocycles. The number of rotatable bonds is 3. The molecule has 3 amide bonds. The Morgan fingerprint density at radius 1 is 1.47 bits per heavy atom. The first-order chi connectivity index (χ1) is 7.94. The van der Waals surface area contributed by atoms with Crippen LogP contribution in [0.3, 0.4) is 0 Å². The highest BCUT2D eigenvalue weighted by Gasteiger charge is 2.44. The number of nitrogens with zero attached hydrogens (tertiary/aromatic N) is 3. The van der Waals surface area contributed by atoms with Gasteiger partial charge in [0.05, 0.1) is 6.54 Å². The van der Waals surface area contributed by atoms with Gasteiger partial charge in [-0.25, -0.2) is 10.6 Å². The second-order valence-corrected chi connectivity index (χ2v) is 5.15. The van der Waals surface area contributed by atoms with Crippen LogP contribution in [0.4, 0.5) is 9.93 Å². The lowest BCUT2D eigenvalue weighted by molar-refractivity contribution is -0.130. The summed E-state index contributed by atoms with van der Waals surface area (Å²) in [7, 11) is 0. The molecule has 0 aliphatic carbocycles. The summed E-state index contributed by atoms with van der Waals surface area (Å²) >= 11 is 1.19. The third kappa shape index (κ3) is 2.06. The van der Waals surface area contributed by atoms with Crippen LogP contribution in [0.2, 0.25) is 0 Å². The normalized spacial score (nSPS) is 18.4. The molecule has 9 heteroatoms. The van der Waals surface area contributed by atoms with Crippen LogP contribution >= 0.6 is 11.3 Å². The first-order valence-electron chi connectivity index (χ1n) is 4.87. The Kier molecular flexibility index (Phi) is 2.71. The monoisotopic (exact) mass is 256 g/mol. The highest BCUT2D eigenvalue weighted by Crippen LogP contribution is 2.21. The van der Waals surface area contributed by atoms with Crippen LogP contribution in [0.25, 0.3) is 0 Å². The zero-order valence-corrected chi connectivity index (χ0v) is 10.2. The van der Waals surface area contributed by atoms with Gasteiger partial charge in [-0.05, 0) is 13.8 Å². The largest absolute Gasteiger partial charge is 0.325 e. The molecule has 92 valence electrons. The van der Waals surface area contributed by atoms with Crippen molar-refractivity contribution in [2.24, 2.45) is 5.84 Å². The highest BCUT2D eigenvalue weighted by atomic mass is 32.1. The van der Waals surface area contributed by atoms with E-state index in [0.717, 1.165) is 4.90 Å². The molecule has 1 aliphatic heterocycles. The zero-order chi connectivity index (χ0) is 12.6. The fourth-order valence-corrected chi connectivity index (χ4v) is 2.11. The number of amides is 3. The Morgan fingerprint density at radius 2 is 2.18 bits per heavy atom. The summed E-state index contributed by atoms with van der Waals surface area (Å²) in [4.78, 5) is 24.6. The molecule has 1 fully saturated rings. The number of nitrogen functional groups attached to an aromatic ring is 1. The number of hydrogen-bond acceptors (Lipinski definition) is 7. The molecule has 1 aliphatic rings. The third-order valence-corrected chi connectivity index (χ3v) is 3.17. The minimum Gasteiger partial charge on any atom is -0.324 e. The van der Waals surface area contributed by atoms with Gasteiger partial charge in [-0.1, -0.05) is 11.3 Å². The summed E-state index contributed by atoms with van der Waals surface area (Å²) in [5, 5.41) is 11.1. The summed E-state index contributed by atoms with van der Waals surface area (Å²) in [5.41, 5.74) is 1.49. The molecule has 2 heterocycles. The number of nitrogens with one attached hydrogen (secondary N) is 2. The van der Waals surface area contributed by atoms with Crippen molar-refractivity contribution in [2.45, 2.75) is 25.9 Å². The van der Waals surface area contributed by atoms with E-state index < -0.39 is 11.6 Å². The molecule has 1 aromatic heterocycles. The van der Waals surface area contributed by atoms with Crippen LogP contribution in [0, 0.1) is 0 Å². The van der Waals surface area contributed by atoms with Crippen molar-refractivity contribution in [2.75, 3.05) is 5.43 Å². The molecule has 0 bridgehead atoms. The number of aromatic nitrogens is 2. The quantitative estimate of drug-likeness (QED) is 0.387. The number of imide groups is 1. The van der Waals surface area contributed by atoms with Gasteiger partial charge in [-0.2, -0.15) is 0 Å². The molecular formula is C8H12N6O2S. The number of nitrogens with two attached hydrogens (primary N) is 1. The summed E-state index contributed by atoms with van der Waals surface area (Å²) in [6.45, 7) is 3.41. The molecular weight excluding hydrogens is 244 g/mol. The van der Waals surface area contributed by atoms with Gasteiger partial charge in [0.1, 0.15) is 10.5 Å². The van der Waals surface area contributed by atoms with E-state index in [9.17, 15) is 9.59 Å². The summed E-state index contributed by atoms with van der Waals surface area (Å²) < 4.78 is 0. The van der Waals surface area contributed by atoms with Gasteiger partial charge in [-0.15, -0.1) is 10.2 Å². The van der Waals surface area contributed by atoms with Crippen molar-refractivity contribution in [3.8, 4) is 0 Å². The van der Waals surface area contributed by atoms with Crippen molar-refractivity contribution in [1.29, 1.82) is 0 Å². The van der Waals surface area contributed by atoms with E-state index in [2.05, 4.69) is 20.9 Å². The lowest BCUT2D eigenvalue weighted by atomic mass is 10.1. The second kappa shape index (κ2) is 3.93. The molecule has 1 saturated heterocycles. The fourth-order valence-electron chi connectivity index (χ4n) is 1.47. The SMILES string of the molecule is CC1(C)NC(=O)N(Cc2nnc(NN)s2)C1=O. The maximum absolute atomic E-state index is 11.9. The first-order valence-corrected chi connectivity index (χ1v) is 5.69. The topological polar surface area (TPSA) is 113 Å². The third-order valence-electron chi connectivity index (χ3n) is 2.33. The molecule has 1 aromatic rings. The van der Waals surface area contributed by atoms with E-state index in [-0.39, 0.29) is 12.5 Å². The fraction of sp³-hybridized carbons (Fsp3) is 0.500. The van der Waals surface area contributed by atoms with Gasteiger partial charge in [-0.3, -0.25) is 15.1 Å². The maximum Gasteiger partial charge on any atom is 0.325 e. The highest BCUT2D eigenvalue weighted by molar-refractivity contribution is 7.15. The standard InChI is InChI=1S/C8H12N6O2S/c1-8(2)5(15)14(7(16)10-8)3-4-12-13-6(11-9)17-4/h3,9H2,1-2H3,(H,10,16)(H,11,13). The van der Waals surface area contributed by atoms with Crippen LogP contribution in [0.15, 0.2) is 0 Å². The zero-order valence-electron chi connectivity index (χ0n) is 9.35. The molecule has 0 aromatic carbocycles. The van der Waals surface area contributed by atoms with Crippen LogP contribution in [-0.4, -0.2) is 32.6 Å². The number of carbonyl (C=O) groups is 2. The second-order valence-electron chi connectivity index (χ2n) is 4.09. The van der Waals surface area contributed by atoms with Crippen molar-refractivity contribution in [3.63, 3.8) is 0 Å². The van der Waals surface area contributed by atoms with Gasteiger partial charge >= 0.3 is 6.03 Å². The van der Waals surface area contributed by atoms with Crippen LogP contribution in [-0.2, 0) is 11.3 Å². The molecule has 0 radical (unpaired) electrons. The predicted octanol–water partition coefficient (Wildman–Crippen LogP) is -0.346. The van der Waals surface area contributed by atoms with E-state index in [4.69, 9.17) is 5.84 Å². The molecule has 0 unspecified atom stereocenters. The summed E-state index contributed by atoms with van der Waals surface area (Å²) in [5.74, 6) is 4.89. The van der Waals surface area contributed by atoms with Gasteiger partial charge < -0.3 is 5.32 Å². The number of hydrazine groups is 1. The predicted molar refractivity (Wildman–Crippen MR) is 60.9 cm³/mol. The minimum atomic E-state index is -0.864. The lowest BCUT2D eigenvalue weighted by Crippen LogP contribution is -2.40. The summed E-state index contributed by atoms with van der Waals surface area (Å²) in [6.07, 6.45) is 0. The Morgan fingerprint density at radius 3 is 2.65 bits per heavy atom. The van der Waals surface area contributed by atoms with Crippen molar-refractivity contribution in [3.05, 3.63) is 5.01 Å². The number of urea groups is 1. The average molecular weight is 256 g/mol. The van der Waals surface area contributed by atoms with E-state index in [0.29, 0.717) is 10.1 Å². The smallest absolute Gasteiger partial charge is 0.324 e. The van der Waals surface area contributed by atoms with E-state index >= 15 is 0 Å². The van der Waals surface area contributed by atoms with Crippen LogP contribution < -0.4 is 16.6 Å². The van der Waals surface area contributed by atoms with Gasteiger partial charge in [0.25, 0.3) is 5.91 Å². The number of carbonyl (C=O) groups excluding carboxylic acids is 2. The van der Waals surface area contributed by atoms with Crippen molar-refractivity contribution in [1.82, 2.24) is 20.4 Å². The maximum atomic E-state index is 11.9. The van der Waals surface area contributed by atoms with Gasteiger partial charge in [0.2, 0.25) is 5.13 Å². The molecule has 4 N–H and O–H groups in total. The minimum absolute atomic E-state index is 0.105. The molecule has 0 atom stereocenters. The lowest BCUT2D eigenvalue weighted by Gasteiger charge is -2.14. The van der Waals surface area contributed by atoms with E-state index in [1.807, 2.05) is 0 Å². The number of anilines is 1.